The van der Waals surface area contributed by atoms with Crippen molar-refractivity contribution in [3.05, 3.63) is 42.5 Å². The van der Waals surface area contributed by atoms with Crippen molar-refractivity contribution in [1.82, 2.24) is 0 Å². The third-order valence-electron chi connectivity index (χ3n) is 6.73. The van der Waals surface area contributed by atoms with E-state index in [1.54, 1.807) is 0 Å². The Hall–Kier alpha value is -2.23. The van der Waals surface area contributed by atoms with Gasteiger partial charge in [0.05, 0.1) is 21.2 Å². The van der Waals surface area contributed by atoms with E-state index < -0.39 is 33.9 Å². The van der Waals surface area contributed by atoms with Crippen molar-refractivity contribution in [2.45, 2.75) is 68.3 Å². The Labute approximate surface area is 218 Å². The van der Waals surface area contributed by atoms with Gasteiger partial charge in [0.25, 0.3) is 0 Å². The molecule has 1 aliphatic rings. The molecule has 0 bridgehead atoms. The maximum Gasteiger partial charge on any atom is 0.336 e. The van der Waals surface area contributed by atoms with E-state index in [0.29, 0.717) is 17.1 Å². The molecule has 0 aliphatic carbocycles. The summed E-state index contributed by atoms with van der Waals surface area (Å²) >= 11 is 1.38. The second-order valence-electron chi connectivity index (χ2n) is 9.52. The fourth-order valence-electron chi connectivity index (χ4n) is 4.82. The number of thioether (sulfide) groups is 1. The molecule has 1 unspecified atom stereocenters. The SMILES string of the molecule is CCCCC1(CCCC)CN(c2ccccc2)c2cc(SC)c(OCC(O)C(=O)O)cc2S(=O)(=O)C1. The van der Waals surface area contributed by atoms with Crippen LogP contribution in [-0.2, 0) is 14.6 Å². The van der Waals surface area contributed by atoms with Gasteiger partial charge < -0.3 is 19.8 Å². The first-order valence-electron chi connectivity index (χ1n) is 12.5. The number of aliphatic hydroxyl groups is 1. The van der Waals surface area contributed by atoms with Crippen LogP contribution in [0.3, 0.4) is 0 Å². The Morgan fingerprint density at radius 1 is 1.14 bits per heavy atom. The molecule has 36 heavy (non-hydrogen) atoms. The Bertz CT molecular complexity index is 1130. The van der Waals surface area contributed by atoms with Crippen LogP contribution in [-0.4, -0.2) is 55.9 Å². The van der Waals surface area contributed by atoms with Crippen molar-refractivity contribution in [3.63, 3.8) is 0 Å². The smallest absolute Gasteiger partial charge is 0.336 e. The highest BCUT2D eigenvalue weighted by atomic mass is 32.2. The average molecular weight is 536 g/mol. The van der Waals surface area contributed by atoms with Gasteiger partial charge in [0.1, 0.15) is 12.4 Å². The van der Waals surface area contributed by atoms with Crippen LogP contribution in [0.1, 0.15) is 52.4 Å². The Balaban J connectivity index is 2.19. The molecule has 2 aromatic rings. The molecule has 7 nitrogen and oxygen atoms in total. The van der Waals surface area contributed by atoms with E-state index in [1.165, 1.54) is 17.8 Å². The number of sulfone groups is 1. The largest absolute Gasteiger partial charge is 0.489 e. The summed E-state index contributed by atoms with van der Waals surface area (Å²) in [4.78, 5) is 14.0. The third-order valence-corrected chi connectivity index (χ3v) is 9.48. The van der Waals surface area contributed by atoms with Gasteiger partial charge in [-0.05, 0) is 37.3 Å². The number of rotatable bonds is 12. The van der Waals surface area contributed by atoms with Gasteiger partial charge in [0, 0.05) is 23.7 Å². The standard InChI is InChI=1S/C27H37NO6S2/c1-4-6-13-27(14-7-5-2)18-28(20-11-9-8-10-12-20)21-15-24(35-3)23(34-17-22(29)26(30)31)16-25(21)36(32,33)19-27/h8-12,15-16,22,29H,4-7,13-14,17-19H2,1-3H3,(H,30,31). The Morgan fingerprint density at radius 3 is 2.33 bits per heavy atom. The van der Waals surface area contributed by atoms with Gasteiger partial charge in [-0.1, -0.05) is 57.7 Å². The maximum atomic E-state index is 14.0. The van der Waals surface area contributed by atoms with Crippen molar-refractivity contribution in [2.24, 2.45) is 5.41 Å². The van der Waals surface area contributed by atoms with Crippen LogP contribution in [0, 0.1) is 5.41 Å². The summed E-state index contributed by atoms with van der Waals surface area (Å²) in [5.41, 5.74) is 1.13. The summed E-state index contributed by atoms with van der Waals surface area (Å²) in [6.45, 7) is 4.38. The Kier molecular flexibility index (Phi) is 9.72. The van der Waals surface area contributed by atoms with E-state index in [4.69, 9.17) is 9.84 Å². The van der Waals surface area contributed by atoms with E-state index in [-0.39, 0.29) is 16.4 Å². The van der Waals surface area contributed by atoms with Gasteiger partial charge in [0.2, 0.25) is 0 Å². The quantitative estimate of drug-likeness (QED) is 0.342. The van der Waals surface area contributed by atoms with Gasteiger partial charge >= 0.3 is 5.97 Å². The maximum absolute atomic E-state index is 14.0. The molecule has 3 rings (SSSR count). The minimum Gasteiger partial charge on any atom is -0.489 e. The molecule has 0 radical (unpaired) electrons. The molecule has 1 heterocycles. The number of fused-ring (bicyclic) bond motifs is 1. The summed E-state index contributed by atoms with van der Waals surface area (Å²) in [7, 11) is -3.70. The highest BCUT2D eigenvalue weighted by Gasteiger charge is 2.42. The van der Waals surface area contributed by atoms with Gasteiger partial charge in [-0.15, -0.1) is 11.8 Å². The number of ether oxygens (including phenoxy) is 1. The molecule has 2 aromatic carbocycles. The zero-order valence-electron chi connectivity index (χ0n) is 21.3. The molecule has 1 atom stereocenters. The molecule has 0 aromatic heterocycles. The first-order chi connectivity index (χ1) is 17.2. The van der Waals surface area contributed by atoms with Gasteiger partial charge in [-0.2, -0.15) is 0 Å². The molecule has 0 spiro atoms. The van der Waals surface area contributed by atoms with Crippen molar-refractivity contribution in [1.29, 1.82) is 0 Å². The molecule has 198 valence electrons. The second-order valence-corrected chi connectivity index (χ2v) is 12.3. The summed E-state index contributed by atoms with van der Waals surface area (Å²) in [6, 6.07) is 13.2. The van der Waals surface area contributed by atoms with Crippen molar-refractivity contribution in [3.8, 4) is 5.75 Å². The number of unbranched alkanes of at least 4 members (excludes halogenated alkanes) is 2. The van der Waals surface area contributed by atoms with Gasteiger partial charge in [0.15, 0.2) is 15.9 Å². The average Bonchev–Trinajstić information content (AvgIpc) is 2.96. The monoisotopic (exact) mass is 535 g/mol. The minimum atomic E-state index is -3.70. The summed E-state index contributed by atoms with van der Waals surface area (Å²) in [5.74, 6) is -1.09. The van der Waals surface area contributed by atoms with Crippen LogP contribution >= 0.6 is 11.8 Å². The van der Waals surface area contributed by atoms with E-state index in [0.717, 1.165) is 44.2 Å². The number of carbonyl (C=O) groups is 1. The number of benzene rings is 2. The Morgan fingerprint density at radius 2 is 1.78 bits per heavy atom. The summed E-state index contributed by atoms with van der Waals surface area (Å²) < 4.78 is 33.6. The number of carboxylic acid groups (broad SMARTS) is 1. The van der Waals surface area contributed by atoms with Crippen molar-refractivity contribution < 1.29 is 28.2 Å². The zero-order valence-corrected chi connectivity index (χ0v) is 22.9. The molecule has 0 saturated heterocycles. The third kappa shape index (κ3) is 6.55. The lowest BCUT2D eigenvalue weighted by atomic mass is 9.79. The molecular formula is C27H37NO6S2. The van der Waals surface area contributed by atoms with E-state index in [1.807, 2.05) is 42.7 Å². The predicted molar refractivity (Wildman–Crippen MR) is 144 cm³/mol. The number of nitrogens with zero attached hydrogens (tertiary/aromatic N) is 1. The van der Waals surface area contributed by atoms with Crippen LogP contribution in [0.25, 0.3) is 0 Å². The molecule has 0 saturated carbocycles. The topological polar surface area (TPSA) is 104 Å². The number of aliphatic hydroxyl groups excluding tert-OH is 1. The highest BCUT2D eigenvalue weighted by Crippen LogP contribution is 2.47. The molecule has 2 N–H and O–H groups in total. The van der Waals surface area contributed by atoms with Gasteiger partial charge in [-0.25, -0.2) is 13.2 Å². The number of carboxylic acids is 1. The van der Waals surface area contributed by atoms with E-state index >= 15 is 0 Å². The molecule has 0 fully saturated rings. The number of hydrogen-bond acceptors (Lipinski definition) is 7. The minimum absolute atomic E-state index is 0.0478. The first-order valence-corrected chi connectivity index (χ1v) is 15.3. The normalized spacial score (nSPS) is 17.2. The fourth-order valence-corrected chi connectivity index (χ4v) is 7.48. The lowest BCUT2D eigenvalue weighted by Crippen LogP contribution is -2.38. The number of hydrogen-bond donors (Lipinski definition) is 2. The van der Waals surface area contributed by atoms with Crippen LogP contribution in [0.5, 0.6) is 5.75 Å². The first kappa shape index (κ1) is 28.3. The number of para-hydroxylation sites is 1. The number of aliphatic carboxylic acids is 1. The number of anilines is 2. The van der Waals surface area contributed by atoms with Crippen LogP contribution < -0.4 is 9.64 Å². The van der Waals surface area contributed by atoms with Crippen LogP contribution in [0.15, 0.2) is 52.3 Å². The van der Waals surface area contributed by atoms with Crippen molar-refractivity contribution >= 4 is 38.9 Å². The zero-order chi connectivity index (χ0) is 26.3. The fraction of sp³-hybridized carbons (Fsp3) is 0.519. The highest BCUT2D eigenvalue weighted by molar-refractivity contribution is 7.98. The van der Waals surface area contributed by atoms with Crippen LogP contribution in [0.2, 0.25) is 0 Å². The predicted octanol–water partition coefficient (Wildman–Crippen LogP) is 5.53. The summed E-state index contributed by atoms with van der Waals surface area (Å²) in [5, 5.41) is 18.7. The summed E-state index contributed by atoms with van der Waals surface area (Å²) in [6.07, 6.45) is 5.69. The molecule has 9 heteroatoms. The van der Waals surface area contributed by atoms with Crippen molar-refractivity contribution in [2.75, 3.05) is 30.1 Å². The van der Waals surface area contributed by atoms with E-state index in [9.17, 15) is 18.3 Å². The van der Waals surface area contributed by atoms with E-state index in [2.05, 4.69) is 18.7 Å². The van der Waals surface area contributed by atoms with Crippen LogP contribution in [0.4, 0.5) is 11.4 Å². The van der Waals surface area contributed by atoms with Gasteiger partial charge in [-0.3, -0.25) is 0 Å². The lowest BCUT2D eigenvalue weighted by Gasteiger charge is -2.37. The lowest BCUT2D eigenvalue weighted by molar-refractivity contribution is -0.148. The second kappa shape index (κ2) is 12.3. The molecule has 0 amide bonds. The molecule has 1 aliphatic heterocycles. The molecular weight excluding hydrogens is 498 g/mol.